The lowest BCUT2D eigenvalue weighted by atomic mass is 10.1. The molecule has 0 spiro atoms. The van der Waals surface area contributed by atoms with Crippen LogP contribution in [0.25, 0.3) is 0 Å². The molecule has 106 valence electrons. The molecule has 2 N–H and O–H groups in total. The molecule has 1 saturated heterocycles. The first kappa shape index (κ1) is 15.4. The molecule has 1 rings (SSSR count). The van der Waals surface area contributed by atoms with E-state index in [-0.39, 0.29) is 11.9 Å². The molecule has 1 fully saturated rings. The summed E-state index contributed by atoms with van der Waals surface area (Å²) in [6.07, 6.45) is 3.73. The first-order valence-corrected chi connectivity index (χ1v) is 6.86. The van der Waals surface area contributed by atoms with E-state index in [1.54, 1.807) is 7.11 Å². The molecule has 1 aliphatic rings. The lowest BCUT2D eigenvalue weighted by Crippen LogP contribution is -2.38. The van der Waals surface area contributed by atoms with Crippen molar-refractivity contribution in [3.63, 3.8) is 0 Å². The predicted octanol–water partition coefficient (Wildman–Crippen LogP) is 0.686. The van der Waals surface area contributed by atoms with E-state index >= 15 is 0 Å². The average Bonchev–Trinajstić information content (AvgIpc) is 2.39. The lowest BCUT2D eigenvalue weighted by molar-refractivity contribution is -0.123. The number of nitrogens with one attached hydrogen (secondary N) is 2. The molecule has 0 saturated carbocycles. The second-order valence-corrected chi connectivity index (χ2v) is 4.70. The fourth-order valence-electron chi connectivity index (χ4n) is 2.04. The molecular formula is C13H26N2O3. The van der Waals surface area contributed by atoms with Crippen LogP contribution in [0.5, 0.6) is 0 Å². The summed E-state index contributed by atoms with van der Waals surface area (Å²) in [5.41, 5.74) is 0. The number of methoxy groups -OCH3 is 1. The quantitative estimate of drug-likeness (QED) is 0.672. The molecular weight excluding hydrogens is 232 g/mol. The van der Waals surface area contributed by atoms with Crippen LogP contribution in [-0.4, -0.2) is 51.5 Å². The minimum atomic E-state index is 0.0489. The van der Waals surface area contributed by atoms with Crippen molar-refractivity contribution < 1.29 is 14.3 Å². The summed E-state index contributed by atoms with van der Waals surface area (Å²) in [7, 11) is 1.65. The van der Waals surface area contributed by atoms with Gasteiger partial charge in [-0.15, -0.1) is 0 Å². The normalized spacial score (nSPS) is 18.6. The van der Waals surface area contributed by atoms with Gasteiger partial charge in [0.2, 0.25) is 5.91 Å². The van der Waals surface area contributed by atoms with Crippen molar-refractivity contribution in [2.75, 3.05) is 33.4 Å². The molecule has 0 radical (unpaired) electrons. The SMILES string of the molecule is CCC(COC)NC(=O)CCOC1CCNCC1. The number of carbonyl (C=O) groups excluding carboxylic acids is 1. The minimum Gasteiger partial charge on any atom is -0.383 e. The van der Waals surface area contributed by atoms with Crippen LogP contribution in [0.1, 0.15) is 32.6 Å². The fourth-order valence-corrected chi connectivity index (χ4v) is 2.04. The number of ether oxygens (including phenoxy) is 2. The van der Waals surface area contributed by atoms with E-state index in [2.05, 4.69) is 10.6 Å². The highest BCUT2D eigenvalue weighted by atomic mass is 16.5. The summed E-state index contributed by atoms with van der Waals surface area (Å²) in [4.78, 5) is 11.7. The Morgan fingerprint density at radius 2 is 2.17 bits per heavy atom. The van der Waals surface area contributed by atoms with Crippen LogP contribution >= 0.6 is 0 Å². The minimum absolute atomic E-state index is 0.0489. The van der Waals surface area contributed by atoms with Gasteiger partial charge in [0, 0.05) is 13.5 Å². The van der Waals surface area contributed by atoms with Crippen LogP contribution in [0.3, 0.4) is 0 Å². The Balaban J connectivity index is 2.08. The third kappa shape index (κ3) is 6.33. The van der Waals surface area contributed by atoms with Crippen LogP contribution in [-0.2, 0) is 14.3 Å². The van der Waals surface area contributed by atoms with E-state index in [9.17, 15) is 4.79 Å². The van der Waals surface area contributed by atoms with Gasteiger partial charge in [-0.25, -0.2) is 0 Å². The van der Waals surface area contributed by atoms with E-state index in [0.717, 1.165) is 32.4 Å². The van der Waals surface area contributed by atoms with Crippen LogP contribution in [0.15, 0.2) is 0 Å². The van der Waals surface area contributed by atoms with E-state index in [0.29, 0.717) is 25.7 Å². The Morgan fingerprint density at radius 1 is 1.44 bits per heavy atom. The maximum atomic E-state index is 11.7. The van der Waals surface area contributed by atoms with Crippen molar-refractivity contribution >= 4 is 5.91 Å². The maximum Gasteiger partial charge on any atom is 0.222 e. The van der Waals surface area contributed by atoms with Gasteiger partial charge >= 0.3 is 0 Å². The zero-order valence-corrected chi connectivity index (χ0v) is 11.5. The van der Waals surface area contributed by atoms with Crippen LogP contribution < -0.4 is 10.6 Å². The second kappa shape index (κ2) is 9.30. The molecule has 1 atom stereocenters. The number of hydrogen-bond donors (Lipinski definition) is 2. The molecule has 1 heterocycles. The van der Waals surface area contributed by atoms with E-state index in [1.165, 1.54) is 0 Å². The number of piperidine rings is 1. The first-order chi connectivity index (χ1) is 8.76. The summed E-state index contributed by atoms with van der Waals surface area (Å²) in [6, 6.07) is 0.112. The van der Waals surface area contributed by atoms with E-state index in [4.69, 9.17) is 9.47 Å². The smallest absolute Gasteiger partial charge is 0.222 e. The van der Waals surface area contributed by atoms with Gasteiger partial charge in [-0.3, -0.25) is 4.79 Å². The summed E-state index contributed by atoms with van der Waals surface area (Å²) in [5, 5.41) is 6.24. The largest absolute Gasteiger partial charge is 0.383 e. The summed E-state index contributed by atoms with van der Waals surface area (Å²) < 4.78 is 10.7. The van der Waals surface area contributed by atoms with Gasteiger partial charge in [-0.05, 0) is 32.4 Å². The van der Waals surface area contributed by atoms with Gasteiger partial charge in [0.1, 0.15) is 0 Å². The molecule has 1 aliphatic heterocycles. The van der Waals surface area contributed by atoms with Gasteiger partial charge in [0.05, 0.1) is 25.4 Å². The van der Waals surface area contributed by atoms with Crippen molar-refractivity contribution in [2.24, 2.45) is 0 Å². The van der Waals surface area contributed by atoms with Crippen molar-refractivity contribution in [3.8, 4) is 0 Å². The maximum absolute atomic E-state index is 11.7. The lowest BCUT2D eigenvalue weighted by Gasteiger charge is -2.23. The molecule has 5 heteroatoms. The third-order valence-corrected chi connectivity index (χ3v) is 3.19. The number of hydrogen-bond acceptors (Lipinski definition) is 4. The summed E-state index contributed by atoms with van der Waals surface area (Å²) >= 11 is 0. The predicted molar refractivity (Wildman–Crippen MR) is 70.6 cm³/mol. The summed E-state index contributed by atoms with van der Waals surface area (Å²) in [6.45, 7) is 5.15. The zero-order valence-electron chi connectivity index (χ0n) is 11.5. The van der Waals surface area contributed by atoms with Crippen LogP contribution in [0, 0.1) is 0 Å². The van der Waals surface area contributed by atoms with Gasteiger partial charge in [-0.1, -0.05) is 6.92 Å². The van der Waals surface area contributed by atoms with Crippen molar-refractivity contribution in [3.05, 3.63) is 0 Å². The third-order valence-electron chi connectivity index (χ3n) is 3.19. The Kier molecular flexibility index (Phi) is 7.96. The summed E-state index contributed by atoms with van der Waals surface area (Å²) in [5.74, 6) is 0.0489. The van der Waals surface area contributed by atoms with Crippen LogP contribution in [0.2, 0.25) is 0 Å². The number of carbonyl (C=O) groups is 1. The van der Waals surface area contributed by atoms with Gasteiger partial charge in [0.25, 0.3) is 0 Å². The Labute approximate surface area is 110 Å². The number of rotatable bonds is 8. The van der Waals surface area contributed by atoms with Gasteiger partial charge in [0.15, 0.2) is 0 Å². The fraction of sp³-hybridized carbons (Fsp3) is 0.923. The molecule has 1 amide bonds. The molecule has 18 heavy (non-hydrogen) atoms. The second-order valence-electron chi connectivity index (χ2n) is 4.70. The highest BCUT2D eigenvalue weighted by Gasteiger charge is 2.14. The highest BCUT2D eigenvalue weighted by Crippen LogP contribution is 2.07. The molecule has 0 bridgehead atoms. The van der Waals surface area contributed by atoms with Gasteiger partial charge in [-0.2, -0.15) is 0 Å². The Bertz CT molecular complexity index is 230. The Morgan fingerprint density at radius 3 is 2.78 bits per heavy atom. The standard InChI is InChI=1S/C13H26N2O3/c1-3-11(10-17-2)15-13(16)6-9-18-12-4-7-14-8-5-12/h11-12,14H,3-10H2,1-2H3,(H,15,16). The molecule has 1 unspecified atom stereocenters. The topological polar surface area (TPSA) is 59.6 Å². The van der Waals surface area contributed by atoms with Crippen molar-refractivity contribution in [1.29, 1.82) is 0 Å². The Hall–Kier alpha value is -0.650. The molecule has 0 aromatic heterocycles. The molecule has 0 aliphatic carbocycles. The zero-order chi connectivity index (χ0) is 13.2. The molecule has 0 aromatic carbocycles. The highest BCUT2D eigenvalue weighted by molar-refractivity contribution is 5.76. The van der Waals surface area contributed by atoms with E-state index in [1.807, 2.05) is 6.92 Å². The van der Waals surface area contributed by atoms with Gasteiger partial charge < -0.3 is 20.1 Å². The first-order valence-electron chi connectivity index (χ1n) is 6.86. The van der Waals surface area contributed by atoms with Crippen LogP contribution in [0.4, 0.5) is 0 Å². The van der Waals surface area contributed by atoms with Crippen molar-refractivity contribution in [1.82, 2.24) is 10.6 Å². The average molecular weight is 258 g/mol. The molecule has 5 nitrogen and oxygen atoms in total. The monoisotopic (exact) mass is 258 g/mol. The number of amides is 1. The van der Waals surface area contributed by atoms with Crippen molar-refractivity contribution in [2.45, 2.75) is 44.8 Å². The van der Waals surface area contributed by atoms with E-state index < -0.39 is 0 Å². The molecule has 0 aromatic rings.